The first-order chi connectivity index (χ1) is 26.5. The van der Waals surface area contributed by atoms with Crippen molar-refractivity contribution in [3.63, 3.8) is 0 Å². The number of amides is 1. The molecule has 0 aliphatic rings. The smallest absolute Gasteiger partial charge is 0.305 e. The van der Waals surface area contributed by atoms with Gasteiger partial charge >= 0.3 is 5.97 Å². The van der Waals surface area contributed by atoms with Crippen molar-refractivity contribution in [3.8, 4) is 0 Å². The topological polar surface area (TPSA) is 95.9 Å². The predicted octanol–water partition coefficient (Wildman–Crippen LogP) is 14.0. The number of aliphatic hydroxyl groups is 2. The minimum absolute atomic E-state index is 0.00500. The Bertz CT molecular complexity index is 761. The van der Waals surface area contributed by atoms with E-state index in [0.717, 1.165) is 44.9 Å². The van der Waals surface area contributed by atoms with Crippen LogP contribution in [0.3, 0.4) is 0 Å². The first-order valence-corrected chi connectivity index (χ1v) is 24.3. The van der Waals surface area contributed by atoms with Crippen molar-refractivity contribution in [2.75, 3.05) is 13.2 Å². The van der Waals surface area contributed by atoms with Crippen LogP contribution in [-0.2, 0) is 14.3 Å². The fraction of sp³-hybridized carbons (Fsp3) is 0.958. The molecule has 2 atom stereocenters. The summed E-state index contributed by atoms with van der Waals surface area (Å²) in [4.78, 5) is 24.3. The van der Waals surface area contributed by atoms with Gasteiger partial charge in [0.05, 0.1) is 25.4 Å². The van der Waals surface area contributed by atoms with E-state index in [-0.39, 0.29) is 18.5 Å². The summed E-state index contributed by atoms with van der Waals surface area (Å²) in [5.74, 6) is -0.0370. The molecule has 0 aromatic rings. The summed E-state index contributed by atoms with van der Waals surface area (Å²) < 4.78 is 5.45. The number of rotatable bonds is 45. The highest BCUT2D eigenvalue weighted by Crippen LogP contribution is 2.16. The Morgan fingerprint density at radius 3 is 1.13 bits per heavy atom. The summed E-state index contributed by atoms with van der Waals surface area (Å²) in [5.41, 5.74) is 0. The van der Waals surface area contributed by atoms with Crippen LogP contribution in [0.25, 0.3) is 0 Å². The SMILES string of the molecule is CCCCCCCCCCCCCC(=O)OCCCCCCCCCCCCCCCCCCCC(=O)NC(CO)C(O)CCCCCCCCCCC. The highest BCUT2D eigenvalue weighted by molar-refractivity contribution is 5.76. The van der Waals surface area contributed by atoms with Crippen LogP contribution in [0.15, 0.2) is 0 Å². The highest BCUT2D eigenvalue weighted by Gasteiger charge is 2.20. The van der Waals surface area contributed by atoms with E-state index >= 15 is 0 Å². The van der Waals surface area contributed by atoms with Gasteiger partial charge in [-0.15, -0.1) is 0 Å². The summed E-state index contributed by atoms with van der Waals surface area (Å²) in [7, 11) is 0. The molecule has 3 N–H and O–H groups in total. The van der Waals surface area contributed by atoms with Crippen molar-refractivity contribution in [3.05, 3.63) is 0 Å². The Morgan fingerprint density at radius 1 is 0.444 bits per heavy atom. The zero-order valence-electron chi connectivity index (χ0n) is 36.5. The number of nitrogens with one attached hydrogen (secondary N) is 1. The molecule has 322 valence electrons. The molecule has 0 saturated heterocycles. The second-order valence-electron chi connectivity index (χ2n) is 16.8. The van der Waals surface area contributed by atoms with E-state index in [2.05, 4.69) is 19.2 Å². The molecule has 1 amide bonds. The Hall–Kier alpha value is -1.14. The maximum absolute atomic E-state index is 12.4. The van der Waals surface area contributed by atoms with Gasteiger partial charge in [0, 0.05) is 12.8 Å². The molecule has 0 aromatic carbocycles. The summed E-state index contributed by atoms with van der Waals surface area (Å²) in [6.07, 6.45) is 47.8. The van der Waals surface area contributed by atoms with Crippen LogP contribution in [0.4, 0.5) is 0 Å². The minimum Gasteiger partial charge on any atom is -0.466 e. The van der Waals surface area contributed by atoms with Crippen molar-refractivity contribution in [1.82, 2.24) is 5.32 Å². The Kier molecular flexibility index (Phi) is 43.6. The second-order valence-corrected chi connectivity index (χ2v) is 16.8. The number of unbranched alkanes of at least 4 members (excludes halogenated alkanes) is 34. The van der Waals surface area contributed by atoms with Gasteiger partial charge in [-0.1, -0.05) is 232 Å². The minimum atomic E-state index is -0.663. The molecular weight excluding hydrogens is 671 g/mol. The average Bonchev–Trinajstić information content (AvgIpc) is 3.17. The van der Waals surface area contributed by atoms with Crippen molar-refractivity contribution in [1.29, 1.82) is 0 Å². The maximum Gasteiger partial charge on any atom is 0.305 e. The van der Waals surface area contributed by atoms with Gasteiger partial charge in [-0.05, 0) is 25.7 Å². The molecule has 0 radical (unpaired) electrons. The number of hydrogen-bond acceptors (Lipinski definition) is 5. The van der Waals surface area contributed by atoms with Crippen LogP contribution >= 0.6 is 0 Å². The third kappa shape index (κ3) is 40.5. The van der Waals surface area contributed by atoms with E-state index < -0.39 is 12.1 Å². The lowest BCUT2D eigenvalue weighted by Gasteiger charge is -2.22. The lowest BCUT2D eigenvalue weighted by atomic mass is 10.0. The molecule has 0 aromatic heterocycles. The van der Waals surface area contributed by atoms with Crippen LogP contribution in [0.2, 0.25) is 0 Å². The lowest BCUT2D eigenvalue weighted by Crippen LogP contribution is -2.45. The van der Waals surface area contributed by atoms with Gasteiger partial charge in [0.15, 0.2) is 0 Å². The second kappa shape index (κ2) is 44.6. The normalized spacial score (nSPS) is 12.6. The molecule has 0 bridgehead atoms. The third-order valence-corrected chi connectivity index (χ3v) is 11.4. The maximum atomic E-state index is 12.4. The number of hydrogen-bond donors (Lipinski definition) is 3. The first-order valence-electron chi connectivity index (χ1n) is 24.3. The molecule has 0 fully saturated rings. The van der Waals surface area contributed by atoms with Gasteiger partial charge in [-0.25, -0.2) is 0 Å². The van der Waals surface area contributed by atoms with Gasteiger partial charge in [0.1, 0.15) is 0 Å². The van der Waals surface area contributed by atoms with E-state index in [1.165, 1.54) is 193 Å². The first kappa shape index (κ1) is 52.9. The summed E-state index contributed by atoms with van der Waals surface area (Å²) >= 11 is 0. The van der Waals surface area contributed by atoms with Crippen LogP contribution in [0, 0.1) is 0 Å². The summed E-state index contributed by atoms with van der Waals surface area (Å²) in [6, 6.07) is -0.541. The number of aliphatic hydroxyl groups excluding tert-OH is 2. The highest BCUT2D eigenvalue weighted by atomic mass is 16.5. The molecule has 0 spiro atoms. The van der Waals surface area contributed by atoms with Crippen molar-refractivity contribution >= 4 is 11.9 Å². The van der Waals surface area contributed by atoms with Gasteiger partial charge in [-0.3, -0.25) is 9.59 Å². The van der Waals surface area contributed by atoms with Crippen molar-refractivity contribution < 1.29 is 24.5 Å². The number of esters is 1. The molecule has 54 heavy (non-hydrogen) atoms. The van der Waals surface area contributed by atoms with E-state index in [1.807, 2.05) is 0 Å². The standard InChI is InChI=1S/C48H95NO5/c1-3-5-7-9-11-13-21-26-30-34-38-42-48(53)54-43-39-35-31-27-23-20-18-16-14-15-17-19-22-25-29-33-37-41-47(52)49-45(44-50)46(51)40-36-32-28-24-12-10-8-6-4-2/h45-46,50-51H,3-44H2,1-2H3,(H,49,52). The monoisotopic (exact) mass is 766 g/mol. The van der Waals surface area contributed by atoms with Crippen LogP contribution < -0.4 is 5.32 Å². The zero-order valence-corrected chi connectivity index (χ0v) is 36.5. The van der Waals surface area contributed by atoms with Crippen LogP contribution in [0.1, 0.15) is 271 Å². The van der Waals surface area contributed by atoms with Crippen molar-refractivity contribution in [2.45, 2.75) is 283 Å². The Labute approximate surface area is 336 Å². The third-order valence-electron chi connectivity index (χ3n) is 11.4. The molecule has 0 rings (SSSR count). The lowest BCUT2D eigenvalue weighted by molar-refractivity contribution is -0.143. The predicted molar refractivity (Wildman–Crippen MR) is 232 cm³/mol. The molecule has 0 saturated carbocycles. The molecule has 0 aliphatic carbocycles. The zero-order chi connectivity index (χ0) is 39.4. The van der Waals surface area contributed by atoms with E-state index in [0.29, 0.717) is 25.9 Å². The van der Waals surface area contributed by atoms with E-state index in [4.69, 9.17) is 4.74 Å². The van der Waals surface area contributed by atoms with Gasteiger partial charge in [-0.2, -0.15) is 0 Å². The number of ether oxygens (including phenoxy) is 1. The molecular formula is C48H95NO5. The number of carbonyl (C=O) groups is 2. The average molecular weight is 766 g/mol. The molecule has 6 heteroatoms. The van der Waals surface area contributed by atoms with Gasteiger partial charge in [0.25, 0.3) is 0 Å². The summed E-state index contributed by atoms with van der Waals surface area (Å²) in [5, 5.41) is 23.0. The van der Waals surface area contributed by atoms with Crippen LogP contribution in [0.5, 0.6) is 0 Å². The quantitative estimate of drug-likeness (QED) is 0.0424. The molecule has 6 nitrogen and oxygen atoms in total. The van der Waals surface area contributed by atoms with Gasteiger partial charge < -0.3 is 20.3 Å². The fourth-order valence-corrected chi connectivity index (χ4v) is 7.64. The molecule has 0 aliphatic heterocycles. The van der Waals surface area contributed by atoms with Gasteiger partial charge in [0.2, 0.25) is 5.91 Å². The summed E-state index contributed by atoms with van der Waals surface area (Å²) in [6.45, 7) is 4.92. The number of carbonyl (C=O) groups excluding carboxylic acids is 2. The van der Waals surface area contributed by atoms with E-state index in [9.17, 15) is 19.8 Å². The largest absolute Gasteiger partial charge is 0.466 e. The van der Waals surface area contributed by atoms with Crippen molar-refractivity contribution in [2.24, 2.45) is 0 Å². The Morgan fingerprint density at radius 2 is 0.759 bits per heavy atom. The Balaban J connectivity index is 3.38. The fourth-order valence-electron chi connectivity index (χ4n) is 7.64. The molecule has 2 unspecified atom stereocenters. The molecule has 0 heterocycles. The van der Waals surface area contributed by atoms with Crippen LogP contribution in [-0.4, -0.2) is 47.4 Å². The van der Waals surface area contributed by atoms with E-state index in [1.54, 1.807) is 0 Å².